The van der Waals surface area contributed by atoms with Gasteiger partial charge in [-0.2, -0.15) is 0 Å². The molecule has 1 atom stereocenters. The van der Waals surface area contributed by atoms with Gasteiger partial charge in [-0.25, -0.2) is 0 Å². The summed E-state index contributed by atoms with van der Waals surface area (Å²) < 4.78 is 0. The van der Waals surface area contributed by atoms with Crippen LogP contribution in [0.2, 0.25) is 0 Å². The van der Waals surface area contributed by atoms with E-state index in [4.69, 9.17) is 0 Å². The molecular weight excluding hydrogens is 222 g/mol. The zero-order chi connectivity index (χ0) is 13.8. The van der Waals surface area contributed by atoms with Crippen LogP contribution in [0.25, 0.3) is 0 Å². The summed E-state index contributed by atoms with van der Waals surface area (Å²) in [4.78, 5) is 0. The molecule has 0 aromatic heterocycles. The Bertz CT molecular complexity index is 383. The second kappa shape index (κ2) is 6.35. The van der Waals surface area contributed by atoms with Gasteiger partial charge in [-0.1, -0.05) is 32.0 Å². The van der Waals surface area contributed by atoms with Crippen molar-refractivity contribution in [1.82, 2.24) is 5.32 Å². The largest absolute Gasteiger partial charge is 0.389 e. The molecule has 0 aliphatic heterocycles. The second-order valence-corrected chi connectivity index (χ2v) is 6.12. The van der Waals surface area contributed by atoms with Crippen LogP contribution in [0.15, 0.2) is 18.2 Å². The van der Waals surface area contributed by atoms with E-state index in [-0.39, 0.29) is 0 Å². The average Bonchev–Trinajstić information content (AvgIpc) is 2.22. The van der Waals surface area contributed by atoms with Gasteiger partial charge in [-0.15, -0.1) is 0 Å². The molecule has 18 heavy (non-hydrogen) atoms. The summed E-state index contributed by atoms with van der Waals surface area (Å²) in [6, 6.07) is 6.41. The number of hydrogen-bond donors (Lipinski definition) is 2. The van der Waals surface area contributed by atoms with Crippen molar-refractivity contribution in [1.29, 1.82) is 0 Å². The van der Waals surface area contributed by atoms with E-state index in [0.717, 1.165) is 6.54 Å². The predicted octanol–water partition coefficient (Wildman–Crippen LogP) is 2.84. The van der Waals surface area contributed by atoms with Crippen LogP contribution in [-0.4, -0.2) is 23.8 Å². The van der Waals surface area contributed by atoms with Crippen molar-refractivity contribution in [3.05, 3.63) is 34.9 Å². The van der Waals surface area contributed by atoms with Gasteiger partial charge in [0.05, 0.1) is 5.60 Å². The van der Waals surface area contributed by atoms with E-state index in [1.165, 1.54) is 16.7 Å². The minimum atomic E-state index is -0.684. The van der Waals surface area contributed by atoms with Crippen LogP contribution >= 0.6 is 0 Å². The minimum Gasteiger partial charge on any atom is -0.389 e. The van der Waals surface area contributed by atoms with Gasteiger partial charge in [0.25, 0.3) is 0 Å². The molecule has 1 aromatic rings. The topological polar surface area (TPSA) is 32.3 Å². The summed E-state index contributed by atoms with van der Waals surface area (Å²) in [5, 5.41) is 13.7. The van der Waals surface area contributed by atoms with Gasteiger partial charge in [-0.3, -0.25) is 0 Å². The van der Waals surface area contributed by atoms with Crippen molar-refractivity contribution in [2.45, 2.75) is 46.6 Å². The molecule has 0 saturated heterocycles. The molecule has 2 heteroatoms. The standard InChI is InChI=1S/C16H27NO/c1-12(2)10-17-11-16(5,18)9-15-7-6-13(3)14(4)8-15/h6-8,12,17-18H,9-11H2,1-5H3. The normalized spacial score (nSPS) is 14.8. The van der Waals surface area contributed by atoms with E-state index >= 15 is 0 Å². The van der Waals surface area contributed by atoms with Crippen molar-refractivity contribution >= 4 is 0 Å². The first kappa shape index (κ1) is 15.2. The van der Waals surface area contributed by atoms with Crippen molar-refractivity contribution in [3.63, 3.8) is 0 Å². The number of hydrogen-bond acceptors (Lipinski definition) is 2. The number of aliphatic hydroxyl groups is 1. The Morgan fingerprint density at radius 1 is 1.22 bits per heavy atom. The molecule has 102 valence electrons. The van der Waals surface area contributed by atoms with Gasteiger partial charge in [0.15, 0.2) is 0 Å². The van der Waals surface area contributed by atoms with E-state index in [2.05, 4.69) is 51.2 Å². The number of rotatable bonds is 6. The molecule has 0 aliphatic carbocycles. The molecule has 0 radical (unpaired) electrons. The van der Waals surface area contributed by atoms with Crippen LogP contribution in [0.3, 0.4) is 0 Å². The molecule has 1 aromatic carbocycles. The SMILES string of the molecule is Cc1ccc(CC(C)(O)CNCC(C)C)cc1C. The molecule has 0 amide bonds. The van der Waals surface area contributed by atoms with Crippen molar-refractivity contribution in [3.8, 4) is 0 Å². The summed E-state index contributed by atoms with van der Waals surface area (Å²) in [5.41, 5.74) is 3.11. The third-order valence-electron chi connectivity index (χ3n) is 3.21. The smallest absolute Gasteiger partial charge is 0.0783 e. The highest BCUT2D eigenvalue weighted by Gasteiger charge is 2.20. The maximum atomic E-state index is 10.4. The predicted molar refractivity (Wildman–Crippen MR) is 78.0 cm³/mol. The third kappa shape index (κ3) is 5.19. The van der Waals surface area contributed by atoms with Gasteiger partial charge in [0.2, 0.25) is 0 Å². The Balaban J connectivity index is 2.55. The maximum Gasteiger partial charge on any atom is 0.0783 e. The summed E-state index contributed by atoms with van der Waals surface area (Å²) in [5.74, 6) is 0.613. The molecule has 0 fully saturated rings. The summed E-state index contributed by atoms with van der Waals surface area (Å²) in [7, 11) is 0. The first-order valence-electron chi connectivity index (χ1n) is 6.79. The van der Waals surface area contributed by atoms with E-state index in [1.807, 2.05) is 6.92 Å². The summed E-state index contributed by atoms with van der Waals surface area (Å²) >= 11 is 0. The molecule has 0 spiro atoms. The van der Waals surface area contributed by atoms with Gasteiger partial charge < -0.3 is 10.4 Å². The molecule has 2 nitrogen and oxygen atoms in total. The third-order valence-corrected chi connectivity index (χ3v) is 3.21. The summed E-state index contributed by atoms with van der Waals surface area (Å²) in [6.45, 7) is 12.1. The lowest BCUT2D eigenvalue weighted by Gasteiger charge is -2.25. The lowest BCUT2D eigenvalue weighted by Crippen LogP contribution is -2.40. The van der Waals surface area contributed by atoms with Gasteiger partial charge in [0.1, 0.15) is 0 Å². The summed E-state index contributed by atoms with van der Waals surface area (Å²) in [6.07, 6.45) is 0.694. The second-order valence-electron chi connectivity index (χ2n) is 6.12. The first-order chi connectivity index (χ1) is 8.30. The van der Waals surface area contributed by atoms with Gasteiger partial charge >= 0.3 is 0 Å². The molecule has 1 unspecified atom stereocenters. The highest BCUT2D eigenvalue weighted by atomic mass is 16.3. The Labute approximate surface area is 111 Å². The van der Waals surface area contributed by atoms with Gasteiger partial charge in [-0.05, 0) is 49.9 Å². The monoisotopic (exact) mass is 249 g/mol. The van der Waals surface area contributed by atoms with Crippen LogP contribution in [0, 0.1) is 19.8 Å². The van der Waals surface area contributed by atoms with E-state index in [1.54, 1.807) is 0 Å². The Morgan fingerprint density at radius 3 is 2.44 bits per heavy atom. The molecular formula is C16H27NO. The number of aryl methyl sites for hydroxylation is 2. The fourth-order valence-electron chi connectivity index (χ4n) is 2.05. The Morgan fingerprint density at radius 2 is 1.89 bits per heavy atom. The average molecular weight is 249 g/mol. The van der Waals surface area contributed by atoms with E-state index < -0.39 is 5.60 Å². The zero-order valence-corrected chi connectivity index (χ0v) is 12.4. The number of benzene rings is 1. The van der Waals surface area contributed by atoms with E-state index in [0.29, 0.717) is 18.9 Å². The van der Waals surface area contributed by atoms with Crippen molar-refractivity contribution in [2.75, 3.05) is 13.1 Å². The van der Waals surface area contributed by atoms with Crippen molar-refractivity contribution < 1.29 is 5.11 Å². The molecule has 0 bridgehead atoms. The highest BCUT2D eigenvalue weighted by Crippen LogP contribution is 2.16. The highest BCUT2D eigenvalue weighted by molar-refractivity contribution is 5.30. The fraction of sp³-hybridized carbons (Fsp3) is 0.625. The Kier molecular flexibility index (Phi) is 5.36. The first-order valence-corrected chi connectivity index (χ1v) is 6.79. The molecule has 2 N–H and O–H groups in total. The minimum absolute atomic E-state index is 0.613. The van der Waals surface area contributed by atoms with Crippen LogP contribution in [0.1, 0.15) is 37.5 Å². The maximum absolute atomic E-state index is 10.4. The van der Waals surface area contributed by atoms with Crippen LogP contribution in [-0.2, 0) is 6.42 Å². The van der Waals surface area contributed by atoms with Crippen LogP contribution in [0.5, 0.6) is 0 Å². The lowest BCUT2D eigenvalue weighted by molar-refractivity contribution is 0.0596. The molecule has 0 aliphatic rings. The van der Waals surface area contributed by atoms with Crippen LogP contribution in [0.4, 0.5) is 0 Å². The van der Waals surface area contributed by atoms with Crippen molar-refractivity contribution in [2.24, 2.45) is 5.92 Å². The molecule has 1 rings (SSSR count). The molecule has 0 saturated carbocycles. The molecule has 0 heterocycles. The Hall–Kier alpha value is -0.860. The lowest BCUT2D eigenvalue weighted by atomic mass is 9.94. The fourth-order valence-corrected chi connectivity index (χ4v) is 2.05. The zero-order valence-electron chi connectivity index (χ0n) is 12.4. The van der Waals surface area contributed by atoms with E-state index in [9.17, 15) is 5.11 Å². The van der Waals surface area contributed by atoms with Gasteiger partial charge in [0, 0.05) is 13.0 Å². The number of nitrogens with one attached hydrogen (secondary N) is 1. The quantitative estimate of drug-likeness (QED) is 0.812. The van der Waals surface area contributed by atoms with Crippen LogP contribution < -0.4 is 5.32 Å².